The second kappa shape index (κ2) is 3.59. The van der Waals surface area contributed by atoms with Gasteiger partial charge in [-0.3, -0.25) is 5.43 Å². The number of hydrogen-bond acceptors (Lipinski definition) is 3. The Morgan fingerprint density at radius 2 is 2.36 bits per heavy atom. The van der Waals surface area contributed by atoms with Crippen LogP contribution < -0.4 is 11.3 Å². The zero-order valence-corrected chi connectivity index (χ0v) is 9.37. The molecule has 0 aliphatic rings. The first-order valence-corrected chi connectivity index (χ1v) is 5.18. The average Bonchev–Trinajstić information content (AvgIpc) is 2.54. The van der Waals surface area contributed by atoms with Crippen LogP contribution in [0.15, 0.2) is 22.7 Å². The van der Waals surface area contributed by atoms with E-state index >= 15 is 0 Å². The van der Waals surface area contributed by atoms with Crippen molar-refractivity contribution in [1.82, 2.24) is 9.55 Å². The topological polar surface area (TPSA) is 55.9 Å². The molecule has 0 atom stereocenters. The molecule has 14 heavy (non-hydrogen) atoms. The molecule has 4 nitrogen and oxygen atoms in total. The van der Waals surface area contributed by atoms with E-state index in [2.05, 4.69) is 33.3 Å². The highest BCUT2D eigenvalue weighted by Gasteiger charge is 2.07. The maximum Gasteiger partial charge on any atom is 0.218 e. The predicted octanol–water partition coefficient (Wildman–Crippen LogP) is 2.10. The molecule has 0 fully saturated rings. The summed E-state index contributed by atoms with van der Waals surface area (Å²) in [5.41, 5.74) is 4.62. The first-order valence-electron chi connectivity index (χ1n) is 4.38. The average molecular weight is 255 g/mol. The third kappa shape index (κ3) is 1.38. The number of nitrogens with two attached hydrogens (primary N) is 1. The molecule has 1 heterocycles. The van der Waals surface area contributed by atoms with Gasteiger partial charge in [0.2, 0.25) is 5.95 Å². The number of aromatic nitrogens is 2. The molecule has 1 aromatic carbocycles. The molecule has 2 rings (SSSR count). The Bertz CT molecular complexity index is 463. The highest BCUT2D eigenvalue weighted by atomic mass is 79.9. The van der Waals surface area contributed by atoms with Gasteiger partial charge in [-0.05, 0) is 25.1 Å². The van der Waals surface area contributed by atoms with Gasteiger partial charge in [0.1, 0.15) is 0 Å². The minimum Gasteiger partial charge on any atom is -0.309 e. The molecule has 3 N–H and O–H groups in total. The van der Waals surface area contributed by atoms with E-state index in [9.17, 15) is 0 Å². The fraction of sp³-hybridized carbons (Fsp3) is 0.222. The summed E-state index contributed by atoms with van der Waals surface area (Å²) in [7, 11) is 0. The van der Waals surface area contributed by atoms with E-state index in [-0.39, 0.29) is 0 Å². The van der Waals surface area contributed by atoms with Crippen molar-refractivity contribution in [3.8, 4) is 0 Å². The van der Waals surface area contributed by atoms with Crippen LogP contribution >= 0.6 is 15.9 Å². The molecule has 0 radical (unpaired) electrons. The van der Waals surface area contributed by atoms with Crippen LogP contribution in [0.4, 0.5) is 5.95 Å². The number of fused-ring (bicyclic) bond motifs is 1. The number of halogens is 1. The van der Waals surface area contributed by atoms with Crippen molar-refractivity contribution in [1.29, 1.82) is 0 Å². The summed E-state index contributed by atoms with van der Waals surface area (Å²) in [4.78, 5) is 4.36. The number of nitrogen functional groups attached to an aromatic ring is 1. The summed E-state index contributed by atoms with van der Waals surface area (Å²) in [5, 5.41) is 0. The number of imidazole rings is 1. The highest BCUT2D eigenvalue weighted by molar-refractivity contribution is 9.10. The number of anilines is 1. The lowest BCUT2D eigenvalue weighted by atomic mass is 10.3. The molecular weight excluding hydrogens is 244 g/mol. The second-order valence-corrected chi connectivity index (χ2v) is 3.87. The fourth-order valence-corrected chi connectivity index (χ4v) is 1.88. The van der Waals surface area contributed by atoms with Gasteiger partial charge in [-0.15, -0.1) is 0 Å². The van der Waals surface area contributed by atoms with Crippen LogP contribution in [0.1, 0.15) is 6.92 Å². The van der Waals surface area contributed by atoms with Crippen molar-refractivity contribution >= 4 is 32.9 Å². The van der Waals surface area contributed by atoms with Gasteiger partial charge in [0, 0.05) is 11.0 Å². The molecule has 1 aromatic heterocycles. The first-order chi connectivity index (χ1) is 6.76. The third-order valence-electron chi connectivity index (χ3n) is 2.16. The molecule has 5 heteroatoms. The van der Waals surface area contributed by atoms with E-state index in [1.165, 1.54) is 0 Å². The van der Waals surface area contributed by atoms with Crippen LogP contribution in [0.2, 0.25) is 0 Å². The van der Waals surface area contributed by atoms with E-state index in [1.807, 2.05) is 22.8 Å². The van der Waals surface area contributed by atoms with E-state index < -0.39 is 0 Å². The van der Waals surface area contributed by atoms with Crippen molar-refractivity contribution in [3.05, 3.63) is 22.7 Å². The SMILES string of the molecule is CCn1c(NN)nc2cc(Br)ccc21. The van der Waals surface area contributed by atoms with Crippen molar-refractivity contribution in [2.75, 3.05) is 5.43 Å². The van der Waals surface area contributed by atoms with Crippen molar-refractivity contribution < 1.29 is 0 Å². The summed E-state index contributed by atoms with van der Waals surface area (Å²) in [6, 6.07) is 6.00. The number of aryl methyl sites for hydroxylation is 1. The lowest BCUT2D eigenvalue weighted by molar-refractivity contribution is 0.791. The molecule has 0 aliphatic carbocycles. The molecule has 0 unspecified atom stereocenters. The molecule has 0 amide bonds. The van der Waals surface area contributed by atoms with Gasteiger partial charge in [-0.1, -0.05) is 15.9 Å². The predicted molar refractivity (Wildman–Crippen MR) is 60.9 cm³/mol. The summed E-state index contributed by atoms with van der Waals surface area (Å²) in [6.07, 6.45) is 0. The lowest BCUT2D eigenvalue weighted by Crippen LogP contribution is -2.12. The number of hydrazine groups is 1. The molecule has 0 bridgehead atoms. The van der Waals surface area contributed by atoms with Gasteiger partial charge in [0.25, 0.3) is 0 Å². The largest absolute Gasteiger partial charge is 0.309 e. The number of nitrogens with one attached hydrogen (secondary N) is 1. The summed E-state index contributed by atoms with van der Waals surface area (Å²) in [6.45, 7) is 2.90. The molecule has 0 aliphatic heterocycles. The highest BCUT2D eigenvalue weighted by Crippen LogP contribution is 2.22. The van der Waals surface area contributed by atoms with Gasteiger partial charge in [-0.2, -0.15) is 0 Å². The van der Waals surface area contributed by atoms with E-state index in [1.54, 1.807) is 0 Å². The molecule has 0 saturated heterocycles. The number of nitrogens with zero attached hydrogens (tertiary/aromatic N) is 2. The normalized spacial score (nSPS) is 10.8. The van der Waals surface area contributed by atoms with Crippen LogP contribution in [0, 0.1) is 0 Å². The van der Waals surface area contributed by atoms with E-state index in [0.29, 0.717) is 5.95 Å². The smallest absolute Gasteiger partial charge is 0.218 e. The third-order valence-corrected chi connectivity index (χ3v) is 2.65. The van der Waals surface area contributed by atoms with E-state index in [4.69, 9.17) is 5.84 Å². The quantitative estimate of drug-likeness (QED) is 0.638. The monoisotopic (exact) mass is 254 g/mol. The van der Waals surface area contributed by atoms with Gasteiger partial charge < -0.3 is 4.57 Å². The molecule has 0 saturated carbocycles. The minimum absolute atomic E-state index is 0.695. The maximum atomic E-state index is 5.38. The van der Waals surface area contributed by atoms with Crippen LogP contribution in [-0.4, -0.2) is 9.55 Å². The molecule has 2 aromatic rings. The molecule has 74 valence electrons. The maximum absolute atomic E-state index is 5.38. The Balaban J connectivity index is 2.73. The van der Waals surface area contributed by atoms with Gasteiger partial charge >= 0.3 is 0 Å². The van der Waals surface area contributed by atoms with Crippen molar-refractivity contribution in [2.24, 2.45) is 5.84 Å². The van der Waals surface area contributed by atoms with Crippen LogP contribution in [-0.2, 0) is 6.54 Å². The Morgan fingerprint density at radius 3 is 3.00 bits per heavy atom. The summed E-state index contributed by atoms with van der Waals surface area (Å²) in [5.74, 6) is 6.08. The Morgan fingerprint density at radius 1 is 1.57 bits per heavy atom. The van der Waals surface area contributed by atoms with E-state index in [0.717, 1.165) is 22.1 Å². The van der Waals surface area contributed by atoms with Crippen LogP contribution in [0.25, 0.3) is 11.0 Å². The van der Waals surface area contributed by atoms with Crippen molar-refractivity contribution in [3.63, 3.8) is 0 Å². The Hall–Kier alpha value is -1.07. The van der Waals surface area contributed by atoms with Gasteiger partial charge in [0.15, 0.2) is 0 Å². The minimum atomic E-state index is 0.695. The molecule has 0 spiro atoms. The number of rotatable bonds is 2. The summed E-state index contributed by atoms with van der Waals surface area (Å²) < 4.78 is 3.05. The Kier molecular flexibility index (Phi) is 2.43. The zero-order valence-electron chi connectivity index (χ0n) is 7.79. The Labute approximate surface area is 90.2 Å². The standard InChI is InChI=1S/C9H11BrN4/c1-2-14-8-4-3-6(10)5-7(8)12-9(14)13-11/h3-5H,2,11H2,1H3,(H,12,13). The zero-order chi connectivity index (χ0) is 10.1. The van der Waals surface area contributed by atoms with Crippen LogP contribution in [0.5, 0.6) is 0 Å². The number of hydrogen-bond donors (Lipinski definition) is 2. The molecular formula is C9H11BrN4. The van der Waals surface area contributed by atoms with Crippen molar-refractivity contribution in [2.45, 2.75) is 13.5 Å². The van der Waals surface area contributed by atoms with Gasteiger partial charge in [-0.25, -0.2) is 10.8 Å². The lowest BCUT2D eigenvalue weighted by Gasteiger charge is -2.03. The summed E-state index contributed by atoms with van der Waals surface area (Å²) >= 11 is 3.41. The number of benzene rings is 1. The first kappa shape index (κ1) is 9.48. The fourth-order valence-electron chi connectivity index (χ4n) is 1.53. The van der Waals surface area contributed by atoms with Gasteiger partial charge in [0.05, 0.1) is 11.0 Å². The van der Waals surface area contributed by atoms with Crippen LogP contribution in [0.3, 0.4) is 0 Å². The second-order valence-electron chi connectivity index (χ2n) is 2.96.